The Morgan fingerprint density at radius 2 is 2.29 bits per heavy atom. The molecule has 14 heavy (non-hydrogen) atoms. The van der Waals surface area contributed by atoms with Crippen LogP contribution in [0, 0.1) is 0 Å². The number of hydrogen-bond donors (Lipinski definition) is 1. The van der Waals surface area contributed by atoms with Crippen LogP contribution in [0.1, 0.15) is 5.69 Å². The Bertz CT molecular complexity index is 503. The van der Waals surface area contributed by atoms with Crippen LogP contribution in [0.15, 0.2) is 24.3 Å². The lowest BCUT2D eigenvalue weighted by Gasteiger charge is -2.02. The highest BCUT2D eigenvalue weighted by molar-refractivity contribution is 6.35. The van der Waals surface area contributed by atoms with Gasteiger partial charge >= 0.3 is 0 Å². The summed E-state index contributed by atoms with van der Waals surface area (Å²) >= 11 is 6.08. The Hall–Kier alpha value is -0.990. The molecule has 1 aliphatic rings. The number of rotatable bonds is 0. The van der Waals surface area contributed by atoms with Crippen LogP contribution >= 0.6 is 11.6 Å². The molecule has 0 amide bonds. The van der Waals surface area contributed by atoms with Crippen molar-refractivity contribution >= 4 is 22.5 Å². The van der Waals surface area contributed by atoms with Crippen molar-refractivity contribution in [2.75, 3.05) is 0 Å². The molecule has 0 radical (unpaired) electrons. The maximum Gasteiger partial charge on any atom is 0.0773 e. The van der Waals surface area contributed by atoms with Crippen molar-refractivity contribution < 1.29 is 5.11 Å². The predicted octanol–water partition coefficient (Wildman–Crippen LogP) is 2.21. The molecule has 1 unspecified atom stereocenters. The topological polar surface area (TPSA) is 25.2 Å². The van der Waals surface area contributed by atoms with Gasteiger partial charge in [0.1, 0.15) is 0 Å². The first-order valence-corrected chi connectivity index (χ1v) is 5.08. The largest absolute Gasteiger partial charge is 0.391 e. The molecule has 3 rings (SSSR count). The van der Waals surface area contributed by atoms with Crippen LogP contribution in [0.4, 0.5) is 0 Å². The van der Waals surface area contributed by atoms with Gasteiger partial charge in [0.2, 0.25) is 0 Å². The molecule has 1 aromatic carbocycles. The molecule has 2 aromatic rings. The molecule has 0 saturated heterocycles. The van der Waals surface area contributed by atoms with Crippen molar-refractivity contribution in [3.8, 4) is 0 Å². The zero-order valence-electron chi connectivity index (χ0n) is 7.57. The standard InChI is InChI=1S/C11H10ClNO/c12-10-2-1-3-11-9(10)5-7-4-8(14)6-13(7)11/h1-3,5,8,14H,4,6H2. The summed E-state index contributed by atoms with van der Waals surface area (Å²) in [5.74, 6) is 0. The van der Waals surface area contributed by atoms with Crippen molar-refractivity contribution in [3.05, 3.63) is 35.0 Å². The molecule has 2 nitrogen and oxygen atoms in total. The zero-order valence-corrected chi connectivity index (χ0v) is 8.33. The number of aliphatic hydroxyl groups excluding tert-OH is 1. The summed E-state index contributed by atoms with van der Waals surface area (Å²) in [7, 11) is 0. The minimum absolute atomic E-state index is 0.228. The van der Waals surface area contributed by atoms with Gasteiger partial charge in [-0.25, -0.2) is 0 Å². The van der Waals surface area contributed by atoms with Crippen LogP contribution in [-0.4, -0.2) is 15.8 Å². The first-order valence-electron chi connectivity index (χ1n) is 4.70. The fraction of sp³-hybridized carbons (Fsp3) is 0.273. The minimum atomic E-state index is -0.228. The zero-order chi connectivity index (χ0) is 9.71. The molecular formula is C11H10ClNO. The summed E-state index contributed by atoms with van der Waals surface area (Å²) in [6.45, 7) is 0.694. The van der Waals surface area contributed by atoms with E-state index in [0.29, 0.717) is 6.54 Å². The number of halogens is 1. The highest BCUT2D eigenvalue weighted by Crippen LogP contribution is 2.30. The number of nitrogens with zero attached hydrogens (tertiary/aromatic N) is 1. The van der Waals surface area contributed by atoms with Gasteiger partial charge in [-0.2, -0.15) is 0 Å². The lowest BCUT2D eigenvalue weighted by atomic mass is 10.2. The molecule has 3 heteroatoms. The summed E-state index contributed by atoms with van der Waals surface area (Å²) in [6, 6.07) is 7.97. The Morgan fingerprint density at radius 1 is 1.43 bits per heavy atom. The molecular weight excluding hydrogens is 198 g/mol. The van der Waals surface area contributed by atoms with E-state index in [-0.39, 0.29) is 6.10 Å². The maximum atomic E-state index is 9.51. The molecule has 1 aromatic heterocycles. The van der Waals surface area contributed by atoms with Gasteiger partial charge in [0, 0.05) is 34.6 Å². The van der Waals surface area contributed by atoms with Crippen LogP contribution < -0.4 is 0 Å². The van der Waals surface area contributed by atoms with E-state index < -0.39 is 0 Å². The number of aliphatic hydroxyl groups is 1. The molecule has 0 spiro atoms. The molecule has 0 fully saturated rings. The second-order valence-corrected chi connectivity index (χ2v) is 4.18. The van der Waals surface area contributed by atoms with Crippen molar-refractivity contribution in [2.45, 2.75) is 19.1 Å². The Balaban J connectivity index is 2.33. The molecule has 2 heterocycles. The summed E-state index contributed by atoms with van der Waals surface area (Å²) in [5.41, 5.74) is 2.31. The van der Waals surface area contributed by atoms with Gasteiger partial charge in [0.25, 0.3) is 0 Å². The Labute approximate surface area is 86.7 Å². The second-order valence-electron chi connectivity index (χ2n) is 3.78. The van der Waals surface area contributed by atoms with Gasteiger partial charge in [-0.1, -0.05) is 17.7 Å². The molecule has 0 aliphatic carbocycles. The van der Waals surface area contributed by atoms with Crippen LogP contribution in [0.2, 0.25) is 5.02 Å². The number of fused-ring (bicyclic) bond motifs is 3. The maximum absolute atomic E-state index is 9.51. The van der Waals surface area contributed by atoms with Gasteiger partial charge in [-0.3, -0.25) is 0 Å². The van der Waals surface area contributed by atoms with Gasteiger partial charge in [0.15, 0.2) is 0 Å². The third-order valence-corrected chi connectivity index (χ3v) is 3.15. The molecule has 1 aliphatic heterocycles. The van der Waals surface area contributed by atoms with Gasteiger partial charge < -0.3 is 9.67 Å². The van der Waals surface area contributed by atoms with Crippen molar-refractivity contribution in [1.29, 1.82) is 0 Å². The average Bonchev–Trinajstić information content (AvgIpc) is 2.63. The Morgan fingerprint density at radius 3 is 3.14 bits per heavy atom. The molecule has 0 saturated carbocycles. The van der Waals surface area contributed by atoms with Crippen molar-refractivity contribution in [1.82, 2.24) is 4.57 Å². The van der Waals surface area contributed by atoms with Crippen LogP contribution in [-0.2, 0) is 13.0 Å². The highest BCUT2D eigenvalue weighted by atomic mass is 35.5. The van der Waals surface area contributed by atoms with E-state index in [0.717, 1.165) is 22.3 Å². The first kappa shape index (κ1) is 8.33. The first-order chi connectivity index (χ1) is 6.75. The lowest BCUT2D eigenvalue weighted by Crippen LogP contribution is -2.06. The predicted molar refractivity (Wildman–Crippen MR) is 56.7 cm³/mol. The van der Waals surface area contributed by atoms with E-state index in [1.54, 1.807) is 0 Å². The average molecular weight is 208 g/mol. The van der Waals surface area contributed by atoms with E-state index in [4.69, 9.17) is 11.6 Å². The smallest absolute Gasteiger partial charge is 0.0773 e. The van der Waals surface area contributed by atoms with E-state index in [1.807, 2.05) is 18.2 Å². The van der Waals surface area contributed by atoms with Crippen LogP contribution in [0.5, 0.6) is 0 Å². The molecule has 1 atom stereocenters. The van der Waals surface area contributed by atoms with E-state index >= 15 is 0 Å². The number of benzene rings is 1. The minimum Gasteiger partial charge on any atom is -0.391 e. The number of hydrogen-bond acceptors (Lipinski definition) is 1. The third-order valence-electron chi connectivity index (χ3n) is 2.82. The van der Waals surface area contributed by atoms with Gasteiger partial charge in [0.05, 0.1) is 6.10 Å². The van der Waals surface area contributed by atoms with Crippen LogP contribution in [0.25, 0.3) is 10.9 Å². The fourth-order valence-electron chi connectivity index (χ4n) is 2.20. The Kier molecular flexibility index (Phi) is 1.64. The monoisotopic (exact) mass is 207 g/mol. The third kappa shape index (κ3) is 1.01. The summed E-state index contributed by atoms with van der Waals surface area (Å²) in [6.07, 6.45) is 0.513. The van der Waals surface area contributed by atoms with Crippen molar-refractivity contribution in [3.63, 3.8) is 0 Å². The molecule has 72 valence electrons. The van der Waals surface area contributed by atoms with Gasteiger partial charge in [-0.15, -0.1) is 0 Å². The summed E-state index contributed by atoms with van der Waals surface area (Å²) in [5, 5.41) is 11.4. The molecule has 1 N–H and O–H groups in total. The summed E-state index contributed by atoms with van der Waals surface area (Å²) < 4.78 is 2.14. The van der Waals surface area contributed by atoms with E-state index in [9.17, 15) is 5.11 Å². The summed E-state index contributed by atoms with van der Waals surface area (Å²) in [4.78, 5) is 0. The second kappa shape index (κ2) is 2.75. The van der Waals surface area contributed by atoms with Crippen LogP contribution in [0.3, 0.4) is 0 Å². The van der Waals surface area contributed by atoms with Crippen molar-refractivity contribution in [2.24, 2.45) is 0 Å². The van der Waals surface area contributed by atoms with E-state index in [1.165, 1.54) is 5.69 Å². The van der Waals surface area contributed by atoms with E-state index in [2.05, 4.69) is 10.6 Å². The number of aromatic nitrogens is 1. The quantitative estimate of drug-likeness (QED) is 0.704. The molecule has 0 bridgehead atoms. The normalized spacial score (nSPS) is 20.3. The highest BCUT2D eigenvalue weighted by Gasteiger charge is 2.21. The van der Waals surface area contributed by atoms with Gasteiger partial charge in [-0.05, 0) is 18.2 Å². The lowest BCUT2D eigenvalue weighted by molar-refractivity contribution is 0.176. The fourth-order valence-corrected chi connectivity index (χ4v) is 2.43. The SMILES string of the molecule is OC1Cc2cc3c(Cl)cccc3n2C1.